The van der Waals surface area contributed by atoms with Crippen molar-refractivity contribution in [3.8, 4) is 0 Å². The van der Waals surface area contributed by atoms with Gasteiger partial charge in [-0.3, -0.25) is 20.8 Å². The van der Waals surface area contributed by atoms with Crippen LogP contribution < -0.4 is 21.7 Å². The van der Waals surface area contributed by atoms with Crippen LogP contribution >= 0.6 is 0 Å². The second-order valence-corrected chi connectivity index (χ2v) is 5.14. The topological polar surface area (TPSA) is 170 Å². The number of nitro groups is 1. The molecule has 1 aromatic rings. The van der Waals surface area contributed by atoms with E-state index in [0.717, 1.165) is 18.2 Å². The van der Waals surface area contributed by atoms with Crippen LogP contribution in [0.15, 0.2) is 23.1 Å². The molecule has 0 aliphatic rings. The third-order valence-electron chi connectivity index (χ3n) is 2.07. The first-order valence-corrected chi connectivity index (χ1v) is 6.29. The standard InChI is InChI=1S/C8H11N5O5S/c9-8(14)4-11-19(17,18)5-1-2-6(12-10)7(3-5)13(15)16/h1-3,11-12H,4,10H2,(H2,9,14). The lowest BCUT2D eigenvalue weighted by molar-refractivity contribution is -0.384. The average Bonchev–Trinajstić information content (AvgIpc) is 2.35. The fraction of sp³-hybridized carbons (Fsp3) is 0.125. The maximum Gasteiger partial charge on any atom is 0.294 e. The van der Waals surface area contributed by atoms with Gasteiger partial charge in [-0.05, 0) is 12.1 Å². The van der Waals surface area contributed by atoms with E-state index >= 15 is 0 Å². The van der Waals surface area contributed by atoms with E-state index < -0.39 is 33.1 Å². The number of nitrogens with zero attached hydrogens (tertiary/aromatic N) is 1. The summed E-state index contributed by atoms with van der Waals surface area (Å²) >= 11 is 0. The van der Waals surface area contributed by atoms with Gasteiger partial charge in [-0.25, -0.2) is 13.1 Å². The lowest BCUT2D eigenvalue weighted by Crippen LogP contribution is -2.33. The Kier molecular flexibility index (Phi) is 4.37. The predicted molar refractivity (Wildman–Crippen MR) is 65.3 cm³/mol. The fourth-order valence-corrected chi connectivity index (χ4v) is 2.21. The lowest BCUT2D eigenvalue weighted by Gasteiger charge is -2.07. The number of nitrogens with one attached hydrogen (secondary N) is 2. The van der Waals surface area contributed by atoms with Gasteiger partial charge in [-0.15, -0.1) is 0 Å². The zero-order valence-electron chi connectivity index (χ0n) is 9.49. The molecule has 1 aromatic carbocycles. The van der Waals surface area contributed by atoms with E-state index in [1.165, 1.54) is 0 Å². The summed E-state index contributed by atoms with van der Waals surface area (Å²) in [5.41, 5.74) is 6.32. The Morgan fingerprint density at radius 2 is 2.05 bits per heavy atom. The Balaban J connectivity index is 3.18. The maximum atomic E-state index is 11.7. The van der Waals surface area contributed by atoms with Crippen LogP contribution in [0.4, 0.5) is 11.4 Å². The number of hydrogen-bond donors (Lipinski definition) is 4. The molecule has 0 saturated heterocycles. The van der Waals surface area contributed by atoms with Crippen molar-refractivity contribution >= 4 is 27.3 Å². The number of nitro benzene ring substituents is 1. The number of benzene rings is 1. The summed E-state index contributed by atoms with van der Waals surface area (Å²) in [4.78, 5) is 20.1. The quantitative estimate of drug-likeness (QED) is 0.284. The molecule has 0 radical (unpaired) electrons. The summed E-state index contributed by atoms with van der Waals surface area (Å²) in [6.07, 6.45) is 0. The Morgan fingerprint density at radius 1 is 1.42 bits per heavy atom. The number of anilines is 1. The molecule has 19 heavy (non-hydrogen) atoms. The molecule has 0 atom stereocenters. The summed E-state index contributed by atoms with van der Waals surface area (Å²) in [5.74, 6) is 4.19. The number of carbonyl (C=O) groups excluding carboxylic acids is 1. The minimum Gasteiger partial charge on any atom is -0.369 e. The monoisotopic (exact) mass is 289 g/mol. The summed E-state index contributed by atoms with van der Waals surface area (Å²) in [5, 5.41) is 10.7. The zero-order chi connectivity index (χ0) is 14.6. The smallest absolute Gasteiger partial charge is 0.294 e. The maximum absolute atomic E-state index is 11.7. The van der Waals surface area contributed by atoms with Crippen molar-refractivity contribution in [1.29, 1.82) is 0 Å². The molecule has 0 aliphatic heterocycles. The van der Waals surface area contributed by atoms with Crippen LogP contribution in [0.2, 0.25) is 0 Å². The van der Waals surface area contributed by atoms with Crippen molar-refractivity contribution < 1.29 is 18.1 Å². The largest absolute Gasteiger partial charge is 0.369 e. The first-order valence-electron chi connectivity index (χ1n) is 4.81. The van der Waals surface area contributed by atoms with Crippen LogP contribution in [0.25, 0.3) is 0 Å². The first kappa shape index (κ1) is 14.8. The molecule has 0 aliphatic carbocycles. The molecule has 1 rings (SSSR count). The SMILES string of the molecule is NNc1ccc(S(=O)(=O)NCC(N)=O)cc1[N+](=O)[O-]. The predicted octanol–water partition coefficient (Wildman–Crippen LogP) is -1.36. The molecule has 0 aromatic heterocycles. The third kappa shape index (κ3) is 3.61. The zero-order valence-corrected chi connectivity index (χ0v) is 10.3. The molecule has 6 N–H and O–H groups in total. The van der Waals surface area contributed by atoms with Crippen LogP contribution in [0, 0.1) is 10.1 Å². The van der Waals surface area contributed by atoms with Gasteiger partial charge in [-0.1, -0.05) is 0 Å². The highest BCUT2D eigenvalue weighted by Crippen LogP contribution is 2.26. The normalized spacial score (nSPS) is 11.0. The molecule has 10 nitrogen and oxygen atoms in total. The molecule has 0 saturated carbocycles. The van der Waals surface area contributed by atoms with Crippen LogP contribution in [0.3, 0.4) is 0 Å². The van der Waals surface area contributed by atoms with E-state index in [1.807, 2.05) is 4.72 Å². The van der Waals surface area contributed by atoms with Crippen molar-refractivity contribution in [2.24, 2.45) is 11.6 Å². The Hall–Kier alpha value is -2.24. The second-order valence-electron chi connectivity index (χ2n) is 3.37. The van der Waals surface area contributed by atoms with Gasteiger partial charge < -0.3 is 11.2 Å². The summed E-state index contributed by atoms with van der Waals surface area (Å²) in [6, 6.07) is 3.06. The molecule has 0 unspecified atom stereocenters. The van der Waals surface area contributed by atoms with E-state index in [2.05, 4.69) is 5.43 Å². The fourth-order valence-electron chi connectivity index (χ4n) is 1.20. The van der Waals surface area contributed by atoms with Crippen molar-refractivity contribution in [2.45, 2.75) is 4.90 Å². The van der Waals surface area contributed by atoms with Crippen molar-refractivity contribution in [3.63, 3.8) is 0 Å². The third-order valence-corrected chi connectivity index (χ3v) is 3.47. The summed E-state index contributed by atoms with van der Waals surface area (Å²) in [6.45, 7) is -0.604. The van der Waals surface area contributed by atoms with E-state index in [0.29, 0.717) is 0 Å². The molecule has 0 bridgehead atoms. The molecule has 104 valence electrons. The van der Waals surface area contributed by atoms with Gasteiger partial charge >= 0.3 is 0 Å². The summed E-state index contributed by atoms with van der Waals surface area (Å²) < 4.78 is 25.3. The van der Waals surface area contributed by atoms with E-state index in [4.69, 9.17) is 11.6 Å². The number of amides is 1. The number of rotatable bonds is 6. The van der Waals surface area contributed by atoms with Crippen molar-refractivity contribution in [3.05, 3.63) is 28.3 Å². The number of primary amides is 1. The van der Waals surface area contributed by atoms with Crippen LogP contribution in [-0.2, 0) is 14.8 Å². The number of nitrogen functional groups attached to an aromatic ring is 1. The molecule has 11 heteroatoms. The van der Waals surface area contributed by atoms with Crippen LogP contribution in [-0.4, -0.2) is 25.8 Å². The molecule has 0 heterocycles. The average molecular weight is 289 g/mol. The number of hydrogen-bond acceptors (Lipinski definition) is 7. The minimum atomic E-state index is -4.06. The van der Waals surface area contributed by atoms with E-state index in [9.17, 15) is 23.3 Å². The van der Waals surface area contributed by atoms with Crippen molar-refractivity contribution in [2.75, 3.05) is 12.0 Å². The van der Waals surface area contributed by atoms with Gasteiger partial charge in [-0.2, -0.15) is 0 Å². The first-order chi connectivity index (χ1) is 8.77. The highest BCUT2D eigenvalue weighted by molar-refractivity contribution is 7.89. The molecular weight excluding hydrogens is 278 g/mol. The van der Waals surface area contributed by atoms with Crippen molar-refractivity contribution in [1.82, 2.24) is 4.72 Å². The Labute approximate surface area is 107 Å². The van der Waals surface area contributed by atoms with Gasteiger partial charge in [0.1, 0.15) is 5.69 Å². The summed E-state index contributed by atoms with van der Waals surface area (Å²) in [7, 11) is -4.06. The number of sulfonamides is 1. The number of nitrogens with two attached hydrogens (primary N) is 2. The molecule has 0 spiro atoms. The Morgan fingerprint density at radius 3 is 2.53 bits per heavy atom. The van der Waals surface area contributed by atoms with Gasteiger partial charge in [0.25, 0.3) is 5.69 Å². The highest BCUT2D eigenvalue weighted by Gasteiger charge is 2.21. The van der Waals surface area contributed by atoms with Gasteiger partial charge in [0.05, 0.1) is 16.4 Å². The number of carbonyl (C=O) groups is 1. The van der Waals surface area contributed by atoms with Crippen LogP contribution in [0.5, 0.6) is 0 Å². The highest BCUT2D eigenvalue weighted by atomic mass is 32.2. The van der Waals surface area contributed by atoms with Gasteiger partial charge in [0, 0.05) is 6.07 Å². The number of hydrazine groups is 1. The Bertz CT molecular complexity index is 614. The van der Waals surface area contributed by atoms with Gasteiger partial charge in [0.15, 0.2) is 0 Å². The molecule has 1 amide bonds. The van der Waals surface area contributed by atoms with E-state index in [1.54, 1.807) is 0 Å². The minimum absolute atomic E-state index is 0.0427. The van der Waals surface area contributed by atoms with Gasteiger partial charge in [0.2, 0.25) is 15.9 Å². The lowest BCUT2D eigenvalue weighted by atomic mass is 10.3. The van der Waals surface area contributed by atoms with E-state index in [-0.39, 0.29) is 10.6 Å². The molecule has 0 fully saturated rings. The van der Waals surface area contributed by atoms with Crippen LogP contribution in [0.1, 0.15) is 0 Å². The molecular formula is C8H11N5O5S. The second kappa shape index (κ2) is 5.60.